The zero-order valence-corrected chi connectivity index (χ0v) is 68.5. The number of Topliss-reactive ketones (excluding diaryl/α,β-unsaturated/α-hetero) is 2. The van der Waals surface area contributed by atoms with E-state index >= 15 is 0 Å². The first kappa shape index (κ1) is 95.0. The van der Waals surface area contributed by atoms with E-state index in [0.717, 1.165) is 172 Å². The van der Waals surface area contributed by atoms with Gasteiger partial charge in [0.15, 0.2) is 29.3 Å². The number of rotatable bonds is 52. The monoisotopic (exact) mass is 1600 g/mol. The molecule has 22 heteroatoms. The van der Waals surface area contributed by atoms with E-state index in [2.05, 4.69) is 156 Å². The number of imidazole rings is 2. The predicted octanol–water partition coefficient (Wildman–Crippen LogP) is 18.1. The standard InChI is InChI=1S/2C24H42O8.2C22H17ClN2/c2*1-3-5-7-9-11-13-20(25)17-30-18-21(32-24(29)16-15-22(26)27)19-31-23(28)14-12-10-8-6-4-2;2*23-21-14-8-7-13-20(21)22(25-16-15-24-17-25,18-9-3-1-4-10-18)19-11-5-2-6-12-19/h2*21H,3-19H2,1-2H3,(H,26,27);2*1-17H. The highest BCUT2D eigenvalue weighted by molar-refractivity contribution is 6.32. The summed E-state index contributed by atoms with van der Waals surface area (Å²) in [5, 5.41) is 20.7. The molecular formula is C92H118Cl2N4O16. The van der Waals surface area contributed by atoms with Gasteiger partial charge < -0.3 is 48.0 Å². The Kier molecular flexibility index (Phi) is 47.2. The number of hydrogen-bond donors (Lipinski definition) is 2. The largest absolute Gasteiger partial charge is 0.550 e. The van der Waals surface area contributed by atoms with E-state index < -0.39 is 53.6 Å². The van der Waals surface area contributed by atoms with Gasteiger partial charge in [-0.3, -0.25) is 38.5 Å². The highest BCUT2D eigenvalue weighted by atomic mass is 35.5. The van der Waals surface area contributed by atoms with Crippen LogP contribution in [-0.2, 0) is 77.9 Å². The molecule has 0 radical (unpaired) electrons. The first-order chi connectivity index (χ1) is 55.4. The Hall–Kier alpha value is -9.60. The fraction of sp³-hybridized carbons (Fsp3) is 0.457. The summed E-state index contributed by atoms with van der Waals surface area (Å²) in [6.45, 7) is 7.72. The Labute approximate surface area is 684 Å². The first-order valence-electron chi connectivity index (χ1n) is 40.5. The molecule has 0 saturated carbocycles. The summed E-state index contributed by atoms with van der Waals surface area (Å²) in [5.41, 5.74) is 5.49. The van der Waals surface area contributed by atoms with Crippen LogP contribution in [0.25, 0.3) is 0 Å². The Morgan fingerprint density at radius 1 is 0.447 bits per heavy atom. The average molecular weight is 1610 g/mol. The first-order valence-corrected chi connectivity index (χ1v) is 41.2. The number of ether oxygens (including phenoxy) is 6. The van der Waals surface area contributed by atoms with Gasteiger partial charge in [-0.15, -0.1) is 0 Å². The van der Waals surface area contributed by atoms with Crippen LogP contribution in [0.2, 0.25) is 10.0 Å². The highest BCUT2D eigenvalue weighted by Crippen LogP contribution is 2.44. The number of ketones is 2. The molecule has 6 aromatic carbocycles. The maximum Gasteiger partial charge on any atom is 0.306 e. The molecule has 2 N–H and O–H groups in total. The third kappa shape index (κ3) is 34.6. The Morgan fingerprint density at radius 3 is 1.19 bits per heavy atom. The average Bonchev–Trinajstić information content (AvgIpc) is 0.979. The predicted molar refractivity (Wildman–Crippen MR) is 440 cm³/mol. The van der Waals surface area contributed by atoms with Crippen molar-refractivity contribution < 1.29 is 81.6 Å². The molecule has 0 aliphatic rings. The number of aliphatic carboxylic acids is 2. The number of H-pyrrole nitrogens is 1. The van der Waals surface area contributed by atoms with Gasteiger partial charge in [-0.05, 0) is 55.4 Å². The lowest BCUT2D eigenvalue weighted by atomic mass is 9.76. The van der Waals surface area contributed by atoms with Gasteiger partial charge in [0.1, 0.15) is 44.4 Å². The van der Waals surface area contributed by atoms with E-state index in [-0.39, 0.29) is 88.8 Å². The summed E-state index contributed by atoms with van der Waals surface area (Å²) < 4.78 is 35.8. The van der Waals surface area contributed by atoms with Crippen LogP contribution in [0.3, 0.4) is 0 Å². The smallest absolute Gasteiger partial charge is 0.306 e. The summed E-state index contributed by atoms with van der Waals surface area (Å²) in [5.74, 6) is -4.74. The summed E-state index contributed by atoms with van der Waals surface area (Å²) in [6, 6.07) is 57.8. The molecule has 8 rings (SSSR count). The zero-order chi connectivity index (χ0) is 82.3. The molecule has 2 aromatic heterocycles. The van der Waals surface area contributed by atoms with Gasteiger partial charge >= 0.3 is 29.8 Å². The van der Waals surface area contributed by atoms with Crippen LogP contribution in [0.1, 0.15) is 241 Å². The Bertz CT molecular complexity index is 3640. The Morgan fingerprint density at radius 2 is 0.825 bits per heavy atom. The molecule has 0 spiro atoms. The van der Waals surface area contributed by atoms with Crippen LogP contribution in [0, 0.1) is 0 Å². The van der Waals surface area contributed by atoms with Crippen LogP contribution >= 0.6 is 23.2 Å². The summed E-state index contributed by atoms with van der Waals surface area (Å²) in [4.78, 5) is 100.0. The van der Waals surface area contributed by atoms with Crippen LogP contribution < -0.4 is 9.67 Å². The summed E-state index contributed by atoms with van der Waals surface area (Å²) in [6.07, 6.45) is 30.4. The number of aromatic nitrogens is 4. The van der Waals surface area contributed by atoms with Crippen molar-refractivity contribution in [3.8, 4) is 0 Å². The minimum Gasteiger partial charge on any atom is -0.550 e. The molecule has 616 valence electrons. The number of nitrogens with one attached hydrogen (secondary N) is 1. The minimum absolute atomic E-state index is 0.0264. The van der Waals surface area contributed by atoms with Crippen LogP contribution in [0.5, 0.6) is 0 Å². The molecule has 0 aliphatic carbocycles. The SMILES string of the molecule is CCCCCCCC(=O)COCC(COC(=O)CCCCCCC)OC(=O)CCC(=O)O.CCCCCCCC(=O)COCC(COC(=O)CCCCCCC)OC(=O)CCC(=O)[O-].Clc1ccccc1C(c1ccccc1)(c1ccccc1)[n+]1cc[nH]c1.Clc1ccccc1C(c1ccccc1)(c1ccccc1)n1ccnc1. The fourth-order valence-electron chi connectivity index (χ4n) is 13.0. The van der Waals surface area contributed by atoms with E-state index in [1.807, 2.05) is 91.9 Å². The molecule has 20 nitrogen and oxygen atoms in total. The fourth-order valence-corrected chi connectivity index (χ4v) is 13.6. The van der Waals surface area contributed by atoms with Gasteiger partial charge in [0.05, 0.1) is 38.8 Å². The minimum atomic E-state index is -1.35. The van der Waals surface area contributed by atoms with E-state index in [1.165, 1.54) is 0 Å². The second-order valence-electron chi connectivity index (χ2n) is 28.0. The maximum atomic E-state index is 11.9. The van der Waals surface area contributed by atoms with Crippen molar-refractivity contribution in [3.63, 3.8) is 0 Å². The second-order valence-corrected chi connectivity index (χ2v) is 28.8. The van der Waals surface area contributed by atoms with Crippen LogP contribution in [0.15, 0.2) is 207 Å². The number of carboxylic acids is 2. The van der Waals surface area contributed by atoms with E-state index in [1.54, 1.807) is 6.20 Å². The number of carbonyl (C=O) groups excluding carboxylic acids is 7. The highest BCUT2D eigenvalue weighted by Gasteiger charge is 2.44. The van der Waals surface area contributed by atoms with Gasteiger partial charge in [0.2, 0.25) is 6.33 Å². The van der Waals surface area contributed by atoms with Crippen molar-refractivity contribution in [2.24, 2.45) is 0 Å². The number of benzene rings is 6. The Balaban J connectivity index is 0.000000272. The van der Waals surface area contributed by atoms with Crippen LogP contribution in [-0.4, -0.2) is 119 Å². The summed E-state index contributed by atoms with van der Waals surface area (Å²) in [7, 11) is 0. The zero-order valence-electron chi connectivity index (χ0n) is 67.0. The normalized spacial score (nSPS) is 11.6. The lowest BCUT2D eigenvalue weighted by molar-refractivity contribution is -0.733. The van der Waals surface area contributed by atoms with Crippen molar-refractivity contribution in [2.45, 2.75) is 231 Å². The maximum absolute atomic E-state index is 11.9. The van der Waals surface area contributed by atoms with Gasteiger partial charge in [-0.1, -0.05) is 311 Å². The van der Waals surface area contributed by atoms with Gasteiger partial charge in [0, 0.05) is 76.3 Å². The van der Waals surface area contributed by atoms with Gasteiger partial charge in [-0.25, -0.2) is 9.55 Å². The van der Waals surface area contributed by atoms with E-state index in [9.17, 15) is 43.5 Å². The lowest BCUT2D eigenvalue weighted by Crippen LogP contribution is -2.57. The number of unbranched alkanes of at least 4 members (excludes halogenated alkanes) is 16. The van der Waals surface area contributed by atoms with Crippen molar-refractivity contribution in [3.05, 3.63) is 251 Å². The molecule has 114 heavy (non-hydrogen) atoms. The molecule has 2 unspecified atom stereocenters. The molecule has 0 fully saturated rings. The van der Waals surface area contributed by atoms with E-state index in [0.29, 0.717) is 19.3 Å². The topological polar surface area (TPSA) is 273 Å². The number of carboxylic acid groups (broad SMARTS) is 2. The van der Waals surface area contributed by atoms with Crippen molar-refractivity contribution in [1.82, 2.24) is 14.5 Å². The quantitative estimate of drug-likeness (QED) is 0.0118. The molecule has 0 amide bonds. The van der Waals surface area contributed by atoms with E-state index in [4.69, 9.17) is 56.7 Å². The molecule has 8 aromatic rings. The van der Waals surface area contributed by atoms with Crippen molar-refractivity contribution >= 4 is 70.6 Å². The molecule has 0 bridgehead atoms. The van der Waals surface area contributed by atoms with Crippen molar-refractivity contribution in [2.75, 3.05) is 39.6 Å². The van der Waals surface area contributed by atoms with Crippen molar-refractivity contribution in [1.29, 1.82) is 0 Å². The number of hydrogen-bond acceptors (Lipinski definition) is 16. The molecular weight excluding hydrogens is 1490 g/mol. The number of esters is 4. The molecule has 2 heterocycles. The second kappa shape index (κ2) is 56.6. The number of nitrogens with zero attached hydrogens (tertiary/aromatic N) is 3. The lowest BCUT2D eigenvalue weighted by Gasteiger charge is -2.37. The molecule has 2 atom stereocenters. The van der Waals surface area contributed by atoms with Gasteiger partial charge in [0.25, 0.3) is 0 Å². The number of carbonyl (C=O) groups is 8. The van der Waals surface area contributed by atoms with Gasteiger partial charge in [-0.2, -0.15) is 0 Å². The molecule has 0 saturated heterocycles. The third-order valence-electron chi connectivity index (χ3n) is 18.9. The number of aromatic amines is 1. The third-order valence-corrected chi connectivity index (χ3v) is 19.5. The summed E-state index contributed by atoms with van der Waals surface area (Å²) >= 11 is 13.4. The number of halogens is 2. The molecule has 0 aliphatic heterocycles. The van der Waals surface area contributed by atoms with Crippen LogP contribution in [0.4, 0.5) is 0 Å².